The van der Waals surface area contributed by atoms with Gasteiger partial charge in [-0.25, -0.2) is 0 Å². The molecule has 0 spiro atoms. The number of hydrogen-bond donors (Lipinski definition) is 1. The zero-order chi connectivity index (χ0) is 14.7. The van der Waals surface area contributed by atoms with E-state index in [0.717, 1.165) is 22.2 Å². The van der Waals surface area contributed by atoms with Gasteiger partial charge in [0.05, 0.1) is 27.5 Å². The second-order valence-electron chi connectivity index (χ2n) is 4.45. The summed E-state index contributed by atoms with van der Waals surface area (Å²) in [4.78, 5) is 4.28. The minimum atomic E-state index is 0.494. The van der Waals surface area contributed by atoms with Crippen LogP contribution in [0.3, 0.4) is 0 Å². The highest BCUT2D eigenvalue weighted by Crippen LogP contribution is 2.24. The fraction of sp³-hybridized carbons (Fsp3) is 0. The standard InChI is InChI=1S/C16H11Cl2N3/c17-14-5-4-13(9-15(14)18)21-20-10-11-3-6-16-12(8-11)2-1-7-19-16/h1-10,21H. The lowest BCUT2D eigenvalue weighted by atomic mass is 10.1. The summed E-state index contributed by atoms with van der Waals surface area (Å²) in [5, 5.41) is 6.29. The number of nitrogens with zero attached hydrogens (tertiary/aromatic N) is 2. The number of pyridine rings is 1. The Hall–Kier alpha value is -2.10. The average molecular weight is 316 g/mol. The van der Waals surface area contributed by atoms with Crippen LogP contribution in [-0.2, 0) is 0 Å². The van der Waals surface area contributed by atoms with Crippen LogP contribution in [0.2, 0.25) is 10.0 Å². The van der Waals surface area contributed by atoms with Gasteiger partial charge in [0.25, 0.3) is 0 Å². The van der Waals surface area contributed by atoms with Gasteiger partial charge in [-0.3, -0.25) is 10.4 Å². The summed E-state index contributed by atoms with van der Waals surface area (Å²) < 4.78 is 0. The van der Waals surface area contributed by atoms with E-state index in [-0.39, 0.29) is 0 Å². The molecule has 1 N–H and O–H groups in total. The fourth-order valence-corrected chi connectivity index (χ4v) is 2.22. The van der Waals surface area contributed by atoms with Crippen molar-refractivity contribution in [2.24, 2.45) is 5.10 Å². The molecule has 0 aliphatic heterocycles. The first-order valence-corrected chi connectivity index (χ1v) is 7.07. The Kier molecular flexibility index (Phi) is 4.04. The molecular formula is C16H11Cl2N3. The van der Waals surface area contributed by atoms with Crippen LogP contribution in [0.15, 0.2) is 59.8 Å². The molecule has 3 nitrogen and oxygen atoms in total. The highest BCUT2D eigenvalue weighted by atomic mass is 35.5. The topological polar surface area (TPSA) is 37.3 Å². The number of nitrogens with one attached hydrogen (secondary N) is 1. The third-order valence-electron chi connectivity index (χ3n) is 2.95. The lowest BCUT2D eigenvalue weighted by molar-refractivity contribution is 1.35. The molecule has 3 aromatic rings. The van der Waals surface area contributed by atoms with E-state index in [1.165, 1.54) is 0 Å². The van der Waals surface area contributed by atoms with Gasteiger partial charge in [0.2, 0.25) is 0 Å². The monoisotopic (exact) mass is 315 g/mol. The molecule has 2 aromatic carbocycles. The minimum absolute atomic E-state index is 0.494. The van der Waals surface area contributed by atoms with Gasteiger partial charge >= 0.3 is 0 Å². The van der Waals surface area contributed by atoms with E-state index in [1.54, 1.807) is 24.5 Å². The molecule has 1 aromatic heterocycles. The SMILES string of the molecule is Clc1ccc(NN=Cc2ccc3ncccc3c2)cc1Cl. The van der Waals surface area contributed by atoms with Gasteiger partial charge in [-0.1, -0.05) is 35.3 Å². The first-order chi connectivity index (χ1) is 10.2. The molecule has 1 heterocycles. The Bertz CT molecular complexity index is 815. The van der Waals surface area contributed by atoms with Crippen LogP contribution in [0.1, 0.15) is 5.56 Å². The summed E-state index contributed by atoms with van der Waals surface area (Å²) in [6.07, 6.45) is 3.52. The Labute approximate surface area is 132 Å². The molecular weight excluding hydrogens is 305 g/mol. The molecule has 0 unspecified atom stereocenters. The molecule has 0 fully saturated rings. The Morgan fingerprint density at radius 3 is 2.76 bits per heavy atom. The van der Waals surface area contributed by atoms with E-state index in [2.05, 4.69) is 15.5 Å². The quantitative estimate of drug-likeness (QED) is 0.546. The van der Waals surface area contributed by atoms with Crippen molar-refractivity contribution in [1.29, 1.82) is 0 Å². The lowest BCUT2D eigenvalue weighted by Gasteiger charge is -2.02. The van der Waals surface area contributed by atoms with Gasteiger partial charge in [-0.2, -0.15) is 5.10 Å². The molecule has 0 atom stereocenters. The van der Waals surface area contributed by atoms with Gasteiger partial charge < -0.3 is 0 Å². The van der Waals surface area contributed by atoms with Crippen molar-refractivity contribution in [2.45, 2.75) is 0 Å². The minimum Gasteiger partial charge on any atom is -0.278 e. The molecule has 0 aliphatic rings. The number of halogens is 2. The first kappa shape index (κ1) is 13.9. The summed E-state index contributed by atoms with van der Waals surface area (Å²) >= 11 is 11.8. The lowest BCUT2D eigenvalue weighted by Crippen LogP contribution is -1.91. The van der Waals surface area contributed by atoms with Gasteiger partial charge in [-0.05, 0) is 42.0 Å². The highest BCUT2D eigenvalue weighted by Gasteiger charge is 1.98. The van der Waals surface area contributed by atoms with Gasteiger partial charge in [0.15, 0.2) is 0 Å². The Balaban J connectivity index is 1.76. The molecule has 3 rings (SSSR count). The largest absolute Gasteiger partial charge is 0.278 e. The van der Waals surface area contributed by atoms with Crippen molar-refractivity contribution in [2.75, 3.05) is 5.43 Å². The van der Waals surface area contributed by atoms with Crippen molar-refractivity contribution in [3.63, 3.8) is 0 Å². The van der Waals surface area contributed by atoms with Crippen LogP contribution in [0.4, 0.5) is 5.69 Å². The second kappa shape index (κ2) is 6.12. The zero-order valence-corrected chi connectivity index (χ0v) is 12.4. The molecule has 0 aliphatic carbocycles. The maximum atomic E-state index is 5.94. The van der Waals surface area contributed by atoms with Crippen molar-refractivity contribution in [3.8, 4) is 0 Å². The van der Waals surface area contributed by atoms with Crippen molar-refractivity contribution in [3.05, 3.63) is 70.3 Å². The van der Waals surface area contributed by atoms with E-state index < -0.39 is 0 Å². The van der Waals surface area contributed by atoms with E-state index in [1.807, 2.05) is 36.4 Å². The van der Waals surface area contributed by atoms with Crippen LogP contribution < -0.4 is 5.43 Å². The van der Waals surface area contributed by atoms with Crippen LogP contribution in [0.5, 0.6) is 0 Å². The summed E-state index contributed by atoms with van der Waals surface area (Å²) in [7, 11) is 0. The second-order valence-corrected chi connectivity index (χ2v) is 5.27. The number of hydrazone groups is 1. The maximum Gasteiger partial charge on any atom is 0.0702 e. The average Bonchev–Trinajstić information content (AvgIpc) is 2.51. The first-order valence-electron chi connectivity index (χ1n) is 6.31. The molecule has 21 heavy (non-hydrogen) atoms. The maximum absolute atomic E-state index is 5.94. The smallest absolute Gasteiger partial charge is 0.0702 e. The van der Waals surface area contributed by atoms with Crippen molar-refractivity contribution >= 4 is 46.0 Å². The number of hydrogen-bond acceptors (Lipinski definition) is 3. The molecule has 5 heteroatoms. The third-order valence-corrected chi connectivity index (χ3v) is 3.69. The van der Waals surface area contributed by atoms with Crippen molar-refractivity contribution in [1.82, 2.24) is 4.98 Å². The summed E-state index contributed by atoms with van der Waals surface area (Å²) in [6, 6.07) is 15.2. The summed E-state index contributed by atoms with van der Waals surface area (Å²) in [5.41, 5.74) is 5.65. The van der Waals surface area contributed by atoms with E-state index in [9.17, 15) is 0 Å². The molecule has 0 saturated carbocycles. The fourth-order valence-electron chi connectivity index (χ4n) is 1.92. The van der Waals surface area contributed by atoms with Crippen LogP contribution in [0.25, 0.3) is 10.9 Å². The summed E-state index contributed by atoms with van der Waals surface area (Å²) in [5.74, 6) is 0. The van der Waals surface area contributed by atoms with Crippen molar-refractivity contribution < 1.29 is 0 Å². The van der Waals surface area contributed by atoms with E-state index in [0.29, 0.717) is 10.0 Å². The predicted molar refractivity (Wildman–Crippen MR) is 89.4 cm³/mol. The summed E-state index contributed by atoms with van der Waals surface area (Å²) in [6.45, 7) is 0. The molecule has 0 bridgehead atoms. The molecule has 0 saturated heterocycles. The van der Waals surface area contributed by atoms with E-state index >= 15 is 0 Å². The number of rotatable bonds is 3. The number of fused-ring (bicyclic) bond motifs is 1. The highest BCUT2D eigenvalue weighted by molar-refractivity contribution is 6.42. The Morgan fingerprint density at radius 1 is 1.00 bits per heavy atom. The van der Waals surface area contributed by atoms with E-state index in [4.69, 9.17) is 23.2 Å². The third kappa shape index (κ3) is 3.32. The number of benzene rings is 2. The number of aromatic nitrogens is 1. The van der Waals surface area contributed by atoms with Gasteiger partial charge in [0.1, 0.15) is 0 Å². The van der Waals surface area contributed by atoms with Crippen LogP contribution in [-0.4, -0.2) is 11.2 Å². The van der Waals surface area contributed by atoms with Gasteiger partial charge in [-0.15, -0.1) is 0 Å². The van der Waals surface area contributed by atoms with Gasteiger partial charge in [0, 0.05) is 11.6 Å². The van der Waals surface area contributed by atoms with Crippen LogP contribution in [0, 0.1) is 0 Å². The Morgan fingerprint density at radius 2 is 1.90 bits per heavy atom. The molecule has 0 amide bonds. The zero-order valence-electron chi connectivity index (χ0n) is 10.9. The molecule has 0 radical (unpaired) electrons. The normalized spacial score (nSPS) is 11.1. The van der Waals surface area contributed by atoms with Crippen LogP contribution >= 0.6 is 23.2 Å². The predicted octanol–water partition coefficient (Wildman–Crippen LogP) is 4.99. The molecule has 104 valence electrons. The number of anilines is 1.